The van der Waals surface area contributed by atoms with E-state index < -0.39 is 0 Å². The van der Waals surface area contributed by atoms with E-state index in [1.165, 1.54) is 0 Å². The summed E-state index contributed by atoms with van der Waals surface area (Å²) in [5, 5.41) is 0.746. The molecule has 1 atom stereocenters. The molecule has 0 fully saturated rings. The molecule has 3 heteroatoms. The van der Waals surface area contributed by atoms with Crippen LogP contribution in [0.3, 0.4) is 0 Å². The fourth-order valence-electron chi connectivity index (χ4n) is 2.22. The summed E-state index contributed by atoms with van der Waals surface area (Å²) < 4.78 is 5.21. The molecule has 0 heterocycles. The van der Waals surface area contributed by atoms with Gasteiger partial charge in [0.25, 0.3) is 0 Å². The predicted octanol–water partition coefficient (Wildman–Crippen LogP) is 3.90. The zero-order valence-electron chi connectivity index (χ0n) is 11.2. The minimum atomic E-state index is -0.0376. The summed E-state index contributed by atoms with van der Waals surface area (Å²) in [4.78, 5) is 0. The fourth-order valence-corrected chi connectivity index (χ4v) is 2.43. The first-order chi connectivity index (χ1) is 9.10. The lowest BCUT2D eigenvalue weighted by molar-refractivity contribution is 0.414. The molecular weight excluding hydrogens is 258 g/mol. The summed E-state index contributed by atoms with van der Waals surface area (Å²) in [5.41, 5.74) is 9.72. The molecule has 2 N–H and O–H groups in total. The second-order valence-corrected chi connectivity index (χ2v) is 5.10. The summed E-state index contributed by atoms with van der Waals surface area (Å²) in [6, 6.07) is 13.8. The van der Waals surface area contributed by atoms with Gasteiger partial charge in [0.05, 0.1) is 7.11 Å². The van der Waals surface area contributed by atoms with Crippen molar-refractivity contribution in [2.45, 2.75) is 19.4 Å². The standard InChI is InChI=1S/C16H18ClNO/c1-11-8-14(19-2)6-7-15(11)16(18)10-12-4-3-5-13(17)9-12/h3-9,16H,10,18H2,1-2H3. The number of hydrogen-bond donors (Lipinski definition) is 1. The topological polar surface area (TPSA) is 35.2 Å². The third kappa shape index (κ3) is 3.49. The van der Waals surface area contributed by atoms with Gasteiger partial charge in [0.15, 0.2) is 0 Å². The first kappa shape index (κ1) is 13.9. The molecule has 0 radical (unpaired) electrons. The number of ether oxygens (including phenoxy) is 1. The average Bonchev–Trinajstić information content (AvgIpc) is 2.38. The van der Waals surface area contributed by atoms with Crippen LogP contribution in [0.15, 0.2) is 42.5 Å². The van der Waals surface area contributed by atoms with E-state index in [-0.39, 0.29) is 6.04 Å². The molecule has 2 aromatic rings. The molecule has 2 rings (SSSR count). The Kier molecular flexibility index (Phi) is 4.46. The summed E-state index contributed by atoms with van der Waals surface area (Å²) in [6.45, 7) is 2.05. The van der Waals surface area contributed by atoms with Crippen LogP contribution in [0.2, 0.25) is 5.02 Å². The Morgan fingerprint density at radius 3 is 2.63 bits per heavy atom. The first-order valence-corrected chi connectivity index (χ1v) is 6.62. The molecular formula is C16H18ClNO. The molecule has 0 aromatic heterocycles. The van der Waals surface area contributed by atoms with E-state index in [4.69, 9.17) is 22.1 Å². The number of hydrogen-bond acceptors (Lipinski definition) is 2. The number of methoxy groups -OCH3 is 1. The smallest absolute Gasteiger partial charge is 0.119 e. The molecule has 0 aliphatic rings. The molecule has 0 saturated heterocycles. The van der Waals surface area contributed by atoms with Gasteiger partial charge in [-0.3, -0.25) is 0 Å². The van der Waals surface area contributed by atoms with Gasteiger partial charge in [0.2, 0.25) is 0 Å². The highest BCUT2D eigenvalue weighted by molar-refractivity contribution is 6.30. The molecule has 2 aromatic carbocycles. The molecule has 0 saturated carbocycles. The maximum Gasteiger partial charge on any atom is 0.119 e. The van der Waals surface area contributed by atoms with E-state index in [0.29, 0.717) is 0 Å². The number of halogens is 1. The summed E-state index contributed by atoms with van der Waals surface area (Å²) in [5.74, 6) is 0.858. The van der Waals surface area contributed by atoms with Gasteiger partial charge in [0.1, 0.15) is 5.75 Å². The third-order valence-corrected chi connectivity index (χ3v) is 3.46. The van der Waals surface area contributed by atoms with Gasteiger partial charge in [-0.05, 0) is 54.3 Å². The van der Waals surface area contributed by atoms with Crippen LogP contribution in [0.25, 0.3) is 0 Å². The lowest BCUT2D eigenvalue weighted by Crippen LogP contribution is -2.14. The summed E-state index contributed by atoms with van der Waals surface area (Å²) in [6.07, 6.45) is 0.772. The highest BCUT2D eigenvalue weighted by atomic mass is 35.5. The van der Waals surface area contributed by atoms with Crippen molar-refractivity contribution in [3.63, 3.8) is 0 Å². The monoisotopic (exact) mass is 275 g/mol. The maximum atomic E-state index is 6.29. The van der Waals surface area contributed by atoms with E-state index in [1.807, 2.05) is 42.5 Å². The van der Waals surface area contributed by atoms with Gasteiger partial charge < -0.3 is 10.5 Å². The quantitative estimate of drug-likeness (QED) is 0.918. The fraction of sp³-hybridized carbons (Fsp3) is 0.250. The molecule has 0 amide bonds. The Labute approximate surface area is 119 Å². The van der Waals surface area contributed by atoms with Gasteiger partial charge in [-0.15, -0.1) is 0 Å². The molecule has 0 bridgehead atoms. The maximum absolute atomic E-state index is 6.29. The summed E-state index contributed by atoms with van der Waals surface area (Å²) in [7, 11) is 1.67. The van der Waals surface area contributed by atoms with E-state index in [2.05, 4.69) is 6.92 Å². The Morgan fingerprint density at radius 1 is 1.21 bits per heavy atom. The zero-order valence-corrected chi connectivity index (χ0v) is 11.9. The van der Waals surface area contributed by atoms with Gasteiger partial charge in [-0.25, -0.2) is 0 Å². The minimum Gasteiger partial charge on any atom is -0.497 e. The molecule has 1 unspecified atom stereocenters. The van der Waals surface area contributed by atoms with Crippen LogP contribution in [-0.4, -0.2) is 7.11 Å². The first-order valence-electron chi connectivity index (χ1n) is 6.24. The largest absolute Gasteiger partial charge is 0.497 e. The molecule has 0 spiro atoms. The zero-order chi connectivity index (χ0) is 13.8. The van der Waals surface area contributed by atoms with Gasteiger partial charge >= 0.3 is 0 Å². The van der Waals surface area contributed by atoms with Crippen LogP contribution in [0.1, 0.15) is 22.7 Å². The van der Waals surface area contributed by atoms with Crippen LogP contribution in [0, 0.1) is 6.92 Å². The van der Waals surface area contributed by atoms with Crippen LogP contribution >= 0.6 is 11.6 Å². The molecule has 0 aliphatic heterocycles. The van der Waals surface area contributed by atoms with Crippen molar-refractivity contribution in [2.75, 3.05) is 7.11 Å². The second-order valence-electron chi connectivity index (χ2n) is 4.66. The normalized spacial score (nSPS) is 12.2. The lowest BCUT2D eigenvalue weighted by atomic mass is 9.96. The Hall–Kier alpha value is -1.51. The van der Waals surface area contributed by atoms with Crippen LogP contribution < -0.4 is 10.5 Å². The lowest BCUT2D eigenvalue weighted by Gasteiger charge is -2.16. The minimum absolute atomic E-state index is 0.0376. The number of benzene rings is 2. The van der Waals surface area contributed by atoms with Crippen LogP contribution in [0.5, 0.6) is 5.75 Å². The Balaban J connectivity index is 2.18. The van der Waals surface area contributed by atoms with Gasteiger partial charge in [-0.1, -0.05) is 29.8 Å². The molecule has 19 heavy (non-hydrogen) atoms. The Bertz CT molecular complexity index is 568. The Morgan fingerprint density at radius 2 is 2.00 bits per heavy atom. The highest BCUT2D eigenvalue weighted by Gasteiger charge is 2.10. The van der Waals surface area contributed by atoms with Crippen LogP contribution in [-0.2, 0) is 6.42 Å². The summed E-state index contributed by atoms with van der Waals surface area (Å²) >= 11 is 5.99. The van der Waals surface area contributed by atoms with Gasteiger partial charge in [-0.2, -0.15) is 0 Å². The molecule has 2 nitrogen and oxygen atoms in total. The number of aryl methyl sites for hydroxylation is 1. The third-order valence-electron chi connectivity index (χ3n) is 3.22. The van der Waals surface area contributed by atoms with E-state index in [9.17, 15) is 0 Å². The molecule has 100 valence electrons. The van der Waals surface area contributed by atoms with E-state index in [0.717, 1.165) is 33.9 Å². The van der Waals surface area contributed by atoms with Gasteiger partial charge in [0, 0.05) is 11.1 Å². The number of nitrogens with two attached hydrogens (primary N) is 1. The number of rotatable bonds is 4. The van der Waals surface area contributed by atoms with Crippen molar-refractivity contribution in [2.24, 2.45) is 5.73 Å². The molecule has 0 aliphatic carbocycles. The van der Waals surface area contributed by atoms with Crippen molar-refractivity contribution in [3.8, 4) is 5.75 Å². The SMILES string of the molecule is COc1ccc(C(N)Cc2cccc(Cl)c2)c(C)c1. The predicted molar refractivity (Wildman–Crippen MR) is 79.8 cm³/mol. The second kappa shape index (κ2) is 6.09. The van der Waals surface area contributed by atoms with Crippen molar-refractivity contribution in [1.29, 1.82) is 0 Å². The van der Waals surface area contributed by atoms with Crippen LogP contribution in [0.4, 0.5) is 0 Å². The van der Waals surface area contributed by atoms with Crippen molar-refractivity contribution in [3.05, 3.63) is 64.2 Å². The van der Waals surface area contributed by atoms with E-state index in [1.54, 1.807) is 7.11 Å². The average molecular weight is 276 g/mol. The van der Waals surface area contributed by atoms with Crippen molar-refractivity contribution >= 4 is 11.6 Å². The van der Waals surface area contributed by atoms with Crippen molar-refractivity contribution in [1.82, 2.24) is 0 Å². The van der Waals surface area contributed by atoms with Crippen molar-refractivity contribution < 1.29 is 4.74 Å². The highest BCUT2D eigenvalue weighted by Crippen LogP contribution is 2.24. The van der Waals surface area contributed by atoms with E-state index >= 15 is 0 Å².